The fraction of sp³-hybridized carbons (Fsp3) is 0.103. The molecule has 5 aromatic rings. The molecule has 1 amide bonds. The molecule has 0 unspecified atom stereocenters. The molecule has 168 valence electrons. The van der Waals surface area contributed by atoms with E-state index in [0.29, 0.717) is 10.6 Å². The predicted molar refractivity (Wildman–Crippen MR) is 144 cm³/mol. The van der Waals surface area contributed by atoms with E-state index < -0.39 is 0 Å². The Bertz CT molecular complexity index is 1500. The zero-order valence-corrected chi connectivity index (χ0v) is 20.2. The van der Waals surface area contributed by atoms with E-state index in [0.717, 1.165) is 49.4 Å². The molecule has 0 saturated carbocycles. The first-order valence-electron chi connectivity index (χ1n) is 11.2. The lowest BCUT2D eigenvalue weighted by Gasteiger charge is -2.11. The average Bonchev–Trinajstić information content (AvgIpc) is 3.18. The molecular formula is C29H25N3OS. The maximum absolute atomic E-state index is 13.3. The molecule has 0 saturated heterocycles. The second-order valence-corrected chi connectivity index (χ2v) is 9.53. The van der Waals surface area contributed by atoms with Crippen LogP contribution in [0.4, 0.5) is 11.4 Å². The zero-order valence-electron chi connectivity index (χ0n) is 19.3. The van der Waals surface area contributed by atoms with Crippen LogP contribution in [0, 0.1) is 20.8 Å². The molecule has 2 heterocycles. The summed E-state index contributed by atoms with van der Waals surface area (Å²) in [6.45, 7) is 6.04. The molecule has 0 aliphatic carbocycles. The van der Waals surface area contributed by atoms with Crippen LogP contribution in [-0.4, -0.2) is 10.9 Å². The lowest BCUT2D eigenvalue weighted by atomic mass is 9.99. The fourth-order valence-electron chi connectivity index (χ4n) is 4.19. The summed E-state index contributed by atoms with van der Waals surface area (Å²) < 4.78 is 0. The van der Waals surface area contributed by atoms with E-state index >= 15 is 0 Å². The lowest BCUT2D eigenvalue weighted by Crippen LogP contribution is -2.13. The monoisotopic (exact) mass is 463 g/mol. The zero-order chi connectivity index (χ0) is 23.8. The van der Waals surface area contributed by atoms with Gasteiger partial charge in [0.1, 0.15) is 9.71 Å². The van der Waals surface area contributed by atoms with Gasteiger partial charge in [-0.3, -0.25) is 4.79 Å². The molecule has 5 rings (SSSR count). The minimum atomic E-state index is -0.214. The lowest BCUT2D eigenvalue weighted by molar-refractivity contribution is 0.103. The minimum absolute atomic E-state index is 0.214. The average molecular weight is 464 g/mol. The summed E-state index contributed by atoms with van der Waals surface area (Å²) in [7, 11) is 0. The van der Waals surface area contributed by atoms with Crippen LogP contribution in [0.5, 0.6) is 0 Å². The van der Waals surface area contributed by atoms with Crippen LogP contribution in [0.1, 0.15) is 26.4 Å². The molecular weight excluding hydrogens is 438 g/mol. The molecule has 34 heavy (non-hydrogen) atoms. The van der Waals surface area contributed by atoms with Crippen molar-refractivity contribution in [3.8, 4) is 22.4 Å². The first-order valence-corrected chi connectivity index (χ1v) is 12.0. The summed E-state index contributed by atoms with van der Waals surface area (Å²) in [6.07, 6.45) is 0. The molecule has 0 aliphatic rings. The molecule has 2 aromatic heterocycles. The summed E-state index contributed by atoms with van der Waals surface area (Å²) in [6, 6.07) is 26.4. The first kappa shape index (κ1) is 21.9. The Hall–Kier alpha value is -3.96. The van der Waals surface area contributed by atoms with Gasteiger partial charge in [0, 0.05) is 16.6 Å². The number of amides is 1. The number of anilines is 2. The molecule has 0 bridgehead atoms. The summed E-state index contributed by atoms with van der Waals surface area (Å²) in [5, 5.41) is 3.89. The molecule has 0 atom stereocenters. The Morgan fingerprint density at radius 2 is 1.53 bits per heavy atom. The highest BCUT2D eigenvalue weighted by molar-refractivity contribution is 7.21. The van der Waals surface area contributed by atoms with Crippen LogP contribution in [0.3, 0.4) is 0 Å². The van der Waals surface area contributed by atoms with Crippen molar-refractivity contribution >= 4 is 38.8 Å². The Labute approximate surface area is 203 Å². The number of thiophene rings is 1. The van der Waals surface area contributed by atoms with Crippen molar-refractivity contribution in [3.63, 3.8) is 0 Å². The second kappa shape index (κ2) is 8.76. The second-order valence-electron chi connectivity index (χ2n) is 8.53. The van der Waals surface area contributed by atoms with Gasteiger partial charge in [0.25, 0.3) is 5.91 Å². The number of carbonyl (C=O) groups excluding carboxylic acids is 1. The van der Waals surface area contributed by atoms with Gasteiger partial charge in [0.2, 0.25) is 0 Å². The quantitative estimate of drug-likeness (QED) is 0.292. The first-order chi connectivity index (χ1) is 16.4. The molecule has 3 N–H and O–H groups in total. The van der Waals surface area contributed by atoms with E-state index in [1.807, 2.05) is 50.2 Å². The van der Waals surface area contributed by atoms with Crippen LogP contribution in [0.15, 0.2) is 78.9 Å². The van der Waals surface area contributed by atoms with Gasteiger partial charge in [-0.05, 0) is 49.1 Å². The Morgan fingerprint density at radius 3 is 2.21 bits per heavy atom. The van der Waals surface area contributed by atoms with E-state index in [2.05, 4.69) is 54.7 Å². The van der Waals surface area contributed by atoms with Gasteiger partial charge in [0.05, 0.1) is 11.4 Å². The number of nitrogens with zero attached hydrogens (tertiary/aromatic N) is 1. The van der Waals surface area contributed by atoms with Gasteiger partial charge in [-0.25, -0.2) is 4.98 Å². The maximum atomic E-state index is 13.3. The number of pyridine rings is 1. The van der Waals surface area contributed by atoms with Gasteiger partial charge >= 0.3 is 0 Å². The summed E-state index contributed by atoms with van der Waals surface area (Å²) in [4.78, 5) is 19.5. The highest BCUT2D eigenvalue weighted by atomic mass is 32.1. The SMILES string of the molecule is Cc1ccc(-c2cc(-c3ccccc3)c3c(N)c(C(=O)Nc4c(C)cccc4C)sc3n2)cc1. The third kappa shape index (κ3) is 3.95. The maximum Gasteiger partial charge on any atom is 0.267 e. The van der Waals surface area contributed by atoms with Crippen molar-refractivity contribution in [3.05, 3.63) is 100 Å². The van der Waals surface area contributed by atoms with E-state index in [1.54, 1.807) is 0 Å². The molecule has 0 spiro atoms. The van der Waals surface area contributed by atoms with E-state index in [9.17, 15) is 4.79 Å². The van der Waals surface area contributed by atoms with Gasteiger partial charge in [-0.1, -0.05) is 78.4 Å². The molecule has 4 nitrogen and oxygen atoms in total. The van der Waals surface area contributed by atoms with Crippen LogP contribution in [0.25, 0.3) is 32.6 Å². The van der Waals surface area contributed by atoms with E-state index in [-0.39, 0.29) is 5.91 Å². The van der Waals surface area contributed by atoms with Crippen LogP contribution in [-0.2, 0) is 0 Å². The number of para-hydroxylation sites is 1. The van der Waals surface area contributed by atoms with Crippen molar-refractivity contribution in [2.75, 3.05) is 11.1 Å². The smallest absolute Gasteiger partial charge is 0.267 e. The number of fused-ring (bicyclic) bond motifs is 1. The summed E-state index contributed by atoms with van der Waals surface area (Å²) in [5.74, 6) is -0.214. The third-order valence-electron chi connectivity index (χ3n) is 6.06. The number of hydrogen-bond acceptors (Lipinski definition) is 4. The largest absolute Gasteiger partial charge is 0.397 e. The Morgan fingerprint density at radius 1 is 0.853 bits per heavy atom. The molecule has 0 aliphatic heterocycles. The predicted octanol–water partition coefficient (Wildman–Crippen LogP) is 7.39. The van der Waals surface area contributed by atoms with Gasteiger partial charge in [0.15, 0.2) is 0 Å². The highest BCUT2D eigenvalue weighted by Crippen LogP contribution is 2.41. The van der Waals surface area contributed by atoms with Crippen molar-refractivity contribution in [2.24, 2.45) is 0 Å². The number of hydrogen-bond donors (Lipinski definition) is 2. The molecule has 0 radical (unpaired) electrons. The van der Waals surface area contributed by atoms with E-state index in [1.165, 1.54) is 16.9 Å². The van der Waals surface area contributed by atoms with Crippen LogP contribution >= 0.6 is 11.3 Å². The third-order valence-corrected chi connectivity index (χ3v) is 7.16. The Kier molecular flexibility index (Phi) is 5.64. The minimum Gasteiger partial charge on any atom is -0.397 e. The number of nitrogen functional groups attached to an aromatic ring is 1. The van der Waals surface area contributed by atoms with E-state index in [4.69, 9.17) is 10.7 Å². The van der Waals surface area contributed by atoms with Crippen molar-refractivity contribution in [2.45, 2.75) is 20.8 Å². The number of nitrogens with two attached hydrogens (primary N) is 1. The number of rotatable bonds is 4. The number of carbonyl (C=O) groups is 1. The normalized spacial score (nSPS) is 11.0. The van der Waals surface area contributed by atoms with Crippen molar-refractivity contribution in [1.82, 2.24) is 4.98 Å². The van der Waals surface area contributed by atoms with Crippen LogP contribution in [0.2, 0.25) is 0 Å². The molecule has 5 heteroatoms. The van der Waals surface area contributed by atoms with Crippen LogP contribution < -0.4 is 11.1 Å². The number of aryl methyl sites for hydroxylation is 3. The standard InChI is InChI=1S/C29H25N3OS/c1-17-12-14-21(15-13-17)23-16-22(20-10-5-4-6-11-20)24-25(30)27(34-29(24)31-23)28(33)32-26-18(2)8-7-9-19(26)3/h4-16H,30H2,1-3H3,(H,32,33). The summed E-state index contributed by atoms with van der Waals surface area (Å²) >= 11 is 1.34. The number of nitrogens with one attached hydrogen (secondary N) is 1. The fourth-order valence-corrected chi connectivity index (χ4v) is 5.20. The van der Waals surface area contributed by atoms with Gasteiger partial charge in [-0.2, -0.15) is 0 Å². The summed E-state index contributed by atoms with van der Waals surface area (Å²) in [5.41, 5.74) is 15.0. The molecule has 3 aromatic carbocycles. The Balaban J connectivity index is 1.68. The highest BCUT2D eigenvalue weighted by Gasteiger charge is 2.22. The van der Waals surface area contributed by atoms with Crippen molar-refractivity contribution < 1.29 is 4.79 Å². The molecule has 0 fully saturated rings. The number of aromatic nitrogens is 1. The topological polar surface area (TPSA) is 68.0 Å². The van der Waals surface area contributed by atoms with Gasteiger partial charge in [-0.15, -0.1) is 11.3 Å². The van der Waals surface area contributed by atoms with Crippen molar-refractivity contribution in [1.29, 1.82) is 0 Å². The number of benzene rings is 3. The van der Waals surface area contributed by atoms with Gasteiger partial charge < -0.3 is 11.1 Å².